The zero-order valence-electron chi connectivity index (χ0n) is 14.8. The third kappa shape index (κ3) is 4.60. The molecule has 3 aromatic rings. The number of pyridine rings is 1. The Bertz CT molecular complexity index is 1080. The molecule has 0 aliphatic heterocycles. The molecule has 2 aromatic heterocycles. The number of aromatic nitrogens is 3. The van der Waals surface area contributed by atoms with Crippen LogP contribution in [0, 0.1) is 0 Å². The standard InChI is InChI=1S/C19H15F3N4O3/c20-19(21,22)13-4-2-1-3-12(13)16-25-14(15(27)18(29)26-16)17(28)24-10-7-11-5-8-23-9-6-11/h1-6,8-9,27H,7,10H2,(H,24,28)(H,25,26,29). The molecule has 150 valence electrons. The van der Waals surface area contributed by atoms with Gasteiger partial charge >= 0.3 is 6.18 Å². The molecular weight excluding hydrogens is 389 g/mol. The van der Waals surface area contributed by atoms with Crippen LogP contribution in [-0.4, -0.2) is 32.5 Å². The molecule has 0 atom stereocenters. The molecule has 7 nitrogen and oxygen atoms in total. The molecule has 0 spiro atoms. The van der Waals surface area contributed by atoms with Crippen molar-refractivity contribution >= 4 is 5.91 Å². The van der Waals surface area contributed by atoms with Crippen molar-refractivity contribution in [3.63, 3.8) is 0 Å². The smallest absolute Gasteiger partial charge is 0.417 e. The van der Waals surface area contributed by atoms with Crippen LogP contribution < -0.4 is 10.9 Å². The fourth-order valence-electron chi connectivity index (χ4n) is 2.64. The Labute approximate surface area is 162 Å². The number of aromatic amines is 1. The zero-order valence-corrected chi connectivity index (χ0v) is 14.8. The number of aromatic hydroxyl groups is 1. The van der Waals surface area contributed by atoms with Gasteiger partial charge in [-0.25, -0.2) is 4.98 Å². The van der Waals surface area contributed by atoms with Crippen LogP contribution in [0.2, 0.25) is 0 Å². The molecule has 0 radical (unpaired) electrons. The van der Waals surface area contributed by atoms with Gasteiger partial charge in [0.05, 0.1) is 5.56 Å². The van der Waals surface area contributed by atoms with E-state index < -0.39 is 46.0 Å². The maximum atomic E-state index is 13.2. The number of hydrogen-bond donors (Lipinski definition) is 3. The molecule has 0 fully saturated rings. The van der Waals surface area contributed by atoms with E-state index in [0.29, 0.717) is 6.42 Å². The molecule has 0 unspecified atom stereocenters. The number of benzene rings is 1. The summed E-state index contributed by atoms with van der Waals surface area (Å²) in [5, 5.41) is 12.4. The lowest BCUT2D eigenvalue weighted by Crippen LogP contribution is -2.28. The number of halogens is 3. The van der Waals surface area contributed by atoms with Gasteiger partial charge < -0.3 is 15.4 Å². The first-order chi connectivity index (χ1) is 13.8. The van der Waals surface area contributed by atoms with Crippen molar-refractivity contribution in [3.05, 3.63) is 76.0 Å². The van der Waals surface area contributed by atoms with Crippen LogP contribution in [0.3, 0.4) is 0 Å². The van der Waals surface area contributed by atoms with Crippen molar-refractivity contribution in [3.8, 4) is 17.1 Å². The van der Waals surface area contributed by atoms with E-state index in [-0.39, 0.29) is 6.54 Å². The highest BCUT2D eigenvalue weighted by Crippen LogP contribution is 2.35. The second-order valence-corrected chi connectivity index (χ2v) is 6.02. The second-order valence-electron chi connectivity index (χ2n) is 6.02. The summed E-state index contributed by atoms with van der Waals surface area (Å²) in [6, 6.07) is 7.98. The molecule has 3 rings (SSSR count). The zero-order chi connectivity index (χ0) is 21.0. The number of H-pyrrole nitrogens is 1. The molecule has 10 heteroatoms. The highest BCUT2D eigenvalue weighted by molar-refractivity contribution is 5.95. The summed E-state index contributed by atoms with van der Waals surface area (Å²) in [5.41, 5.74) is -2.33. The van der Waals surface area contributed by atoms with Crippen LogP contribution in [0.4, 0.5) is 13.2 Å². The maximum Gasteiger partial charge on any atom is 0.417 e. The summed E-state index contributed by atoms with van der Waals surface area (Å²) >= 11 is 0. The predicted octanol–water partition coefficient (Wildman–Crippen LogP) is 2.53. The van der Waals surface area contributed by atoms with E-state index >= 15 is 0 Å². The Morgan fingerprint density at radius 2 is 1.83 bits per heavy atom. The average molecular weight is 404 g/mol. The molecule has 0 aliphatic rings. The van der Waals surface area contributed by atoms with Crippen molar-refractivity contribution in [1.82, 2.24) is 20.3 Å². The van der Waals surface area contributed by atoms with E-state index in [4.69, 9.17) is 0 Å². The van der Waals surface area contributed by atoms with Crippen molar-refractivity contribution in [2.75, 3.05) is 6.54 Å². The first kappa shape index (κ1) is 20.1. The largest absolute Gasteiger partial charge is 0.501 e. The van der Waals surface area contributed by atoms with Gasteiger partial charge in [-0.3, -0.25) is 14.6 Å². The lowest BCUT2D eigenvalue weighted by molar-refractivity contribution is -0.137. The van der Waals surface area contributed by atoms with E-state index in [2.05, 4.69) is 20.3 Å². The number of nitrogens with zero attached hydrogens (tertiary/aromatic N) is 2. The molecule has 1 amide bonds. The van der Waals surface area contributed by atoms with E-state index in [0.717, 1.165) is 17.7 Å². The van der Waals surface area contributed by atoms with Gasteiger partial charge in [0.15, 0.2) is 5.69 Å². The van der Waals surface area contributed by atoms with Crippen LogP contribution in [0.15, 0.2) is 53.6 Å². The minimum atomic E-state index is -4.69. The van der Waals surface area contributed by atoms with Crippen LogP contribution in [0.5, 0.6) is 5.75 Å². The Morgan fingerprint density at radius 3 is 2.52 bits per heavy atom. The number of carbonyl (C=O) groups is 1. The fourth-order valence-corrected chi connectivity index (χ4v) is 2.64. The summed E-state index contributed by atoms with van der Waals surface area (Å²) in [6.45, 7) is 0.158. The fraction of sp³-hybridized carbons (Fsp3) is 0.158. The summed E-state index contributed by atoms with van der Waals surface area (Å²) in [7, 11) is 0. The van der Waals surface area contributed by atoms with Crippen LogP contribution in [-0.2, 0) is 12.6 Å². The lowest BCUT2D eigenvalue weighted by atomic mass is 10.1. The Balaban J connectivity index is 1.89. The molecule has 3 N–H and O–H groups in total. The van der Waals surface area contributed by atoms with Gasteiger partial charge in [-0.05, 0) is 30.2 Å². The summed E-state index contributed by atoms with van der Waals surface area (Å²) in [4.78, 5) is 34.1. The molecule has 0 saturated heterocycles. The first-order valence-electron chi connectivity index (χ1n) is 8.44. The van der Waals surface area contributed by atoms with Gasteiger partial charge in [-0.15, -0.1) is 0 Å². The second kappa shape index (κ2) is 8.13. The minimum Gasteiger partial charge on any atom is -0.501 e. The number of amides is 1. The summed E-state index contributed by atoms with van der Waals surface area (Å²) in [5.74, 6) is -2.33. The minimum absolute atomic E-state index is 0.158. The number of nitrogens with one attached hydrogen (secondary N) is 2. The van der Waals surface area contributed by atoms with Crippen LogP contribution in [0.1, 0.15) is 21.6 Å². The van der Waals surface area contributed by atoms with Crippen molar-refractivity contribution in [2.45, 2.75) is 12.6 Å². The van der Waals surface area contributed by atoms with Crippen molar-refractivity contribution in [2.24, 2.45) is 0 Å². The summed E-state index contributed by atoms with van der Waals surface area (Å²) < 4.78 is 39.7. The average Bonchev–Trinajstić information content (AvgIpc) is 2.70. The SMILES string of the molecule is O=C(NCCc1ccncc1)c1nc(-c2ccccc2C(F)(F)F)[nH]c(=O)c1O. The Morgan fingerprint density at radius 1 is 1.14 bits per heavy atom. The molecular formula is C19H15F3N4O3. The number of carbonyl (C=O) groups excluding carboxylic acids is 1. The monoisotopic (exact) mass is 404 g/mol. The Kier molecular flexibility index (Phi) is 5.62. The normalized spacial score (nSPS) is 11.3. The quantitative estimate of drug-likeness (QED) is 0.606. The predicted molar refractivity (Wildman–Crippen MR) is 97.2 cm³/mol. The van der Waals surface area contributed by atoms with Gasteiger partial charge in [0.2, 0.25) is 5.75 Å². The van der Waals surface area contributed by atoms with E-state index in [1.54, 1.807) is 24.5 Å². The van der Waals surface area contributed by atoms with Gasteiger partial charge in [0.25, 0.3) is 11.5 Å². The highest BCUT2D eigenvalue weighted by Gasteiger charge is 2.34. The molecule has 1 aromatic carbocycles. The van der Waals surface area contributed by atoms with Gasteiger partial charge in [0, 0.05) is 24.5 Å². The van der Waals surface area contributed by atoms with Crippen LogP contribution >= 0.6 is 0 Å². The molecule has 0 saturated carbocycles. The molecule has 0 bridgehead atoms. The van der Waals surface area contributed by atoms with Gasteiger partial charge in [-0.2, -0.15) is 13.2 Å². The van der Waals surface area contributed by atoms with Gasteiger partial charge in [0.1, 0.15) is 5.82 Å². The van der Waals surface area contributed by atoms with Crippen LogP contribution in [0.25, 0.3) is 11.4 Å². The topological polar surface area (TPSA) is 108 Å². The Hall–Kier alpha value is -3.69. The third-order valence-electron chi connectivity index (χ3n) is 4.05. The third-order valence-corrected chi connectivity index (χ3v) is 4.05. The van der Waals surface area contributed by atoms with Crippen molar-refractivity contribution in [1.29, 1.82) is 0 Å². The van der Waals surface area contributed by atoms with E-state index in [1.165, 1.54) is 12.1 Å². The van der Waals surface area contributed by atoms with E-state index in [1.807, 2.05) is 0 Å². The maximum absolute atomic E-state index is 13.2. The number of alkyl halides is 3. The molecule has 2 heterocycles. The number of hydrogen-bond acceptors (Lipinski definition) is 5. The van der Waals surface area contributed by atoms with Gasteiger partial charge in [-0.1, -0.05) is 18.2 Å². The highest BCUT2D eigenvalue weighted by atomic mass is 19.4. The molecule has 29 heavy (non-hydrogen) atoms. The number of rotatable bonds is 5. The summed E-state index contributed by atoms with van der Waals surface area (Å²) in [6.07, 6.45) is -1.07. The molecule has 0 aliphatic carbocycles. The first-order valence-corrected chi connectivity index (χ1v) is 8.44. The van der Waals surface area contributed by atoms with E-state index in [9.17, 15) is 27.9 Å². The lowest BCUT2D eigenvalue weighted by Gasteiger charge is -2.13. The van der Waals surface area contributed by atoms with Crippen molar-refractivity contribution < 1.29 is 23.1 Å².